The van der Waals surface area contributed by atoms with Gasteiger partial charge in [-0.25, -0.2) is 23.1 Å². The number of carbonyl (C=O) groups is 1. The van der Waals surface area contributed by atoms with E-state index < -0.39 is 22.0 Å². The van der Waals surface area contributed by atoms with Gasteiger partial charge in [0, 0.05) is 43.9 Å². The van der Waals surface area contributed by atoms with E-state index in [4.69, 9.17) is 16.6 Å². The zero-order chi connectivity index (χ0) is 32.1. The molecule has 12 nitrogen and oxygen atoms in total. The van der Waals surface area contributed by atoms with Crippen LogP contribution in [0.15, 0.2) is 41.3 Å². The largest absolute Gasteiger partial charge is 0.377 e. The van der Waals surface area contributed by atoms with Crippen LogP contribution in [0.5, 0.6) is 0 Å². The molecule has 234 valence electrons. The van der Waals surface area contributed by atoms with Gasteiger partial charge in [-0.3, -0.25) is 18.8 Å². The quantitative estimate of drug-likeness (QED) is 0.286. The number of piperidine rings is 1. The van der Waals surface area contributed by atoms with Crippen molar-refractivity contribution < 1.29 is 13.2 Å². The van der Waals surface area contributed by atoms with Crippen LogP contribution >= 0.6 is 11.6 Å². The van der Waals surface area contributed by atoms with E-state index in [0.29, 0.717) is 29.3 Å². The van der Waals surface area contributed by atoms with E-state index in [0.717, 1.165) is 35.9 Å². The Bertz CT molecular complexity index is 1940. The van der Waals surface area contributed by atoms with Crippen LogP contribution in [-0.2, 0) is 24.1 Å². The highest BCUT2D eigenvalue weighted by atomic mass is 35.5. The maximum atomic E-state index is 13.8. The van der Waals surface area contributed by atoms with Gasteiger partial charge in [0.2, 0.25) is 16.0 Å². The molecule has 5 rings (SSSR count). The summed E-state index contributed by atoms with van der Waals surface area (Å²) in [5, 5.41) is 8.42. The van der Waals surface area contributed by atoms with Crippen molar-refractivity contribution in [2.45, 2.75) is 58.0 Å². The molecule has 1 aromatic carbocycles. The second kappa shape index (κ2) is 11.5. The summed E-state index contributed by atoms with van der Waals surface area (Å²) in [6.07, 6.45) is 4.56. The number of halogens is 1. The number of amides is 1. The molecule has 1 amide bonds. The lowest BCUT2D eigenvalue weighted by molar-refractivity contribution is 0.0977. The summed E-state index contributed by atoms with van der Waals surface area (Å²) in [4.78, 5) is 38.0. The molecule has 44 heavy (non-hydrogen) atoms. The Morgan fingerprint density at radius 2 is 1.89 bits per heavy atom. The van der Waals surface area contributed by atoms with Crippen molar-refractivity contribution in [1.82, 2.24) is 29.0 Å². The van der Waals surface area contributed by atoms with Crippen molar-refractivity contribution in [3.05, 3.63) is 74.6 Å². The van der Waals surface area contributed by atoms with E-state index >= 15 is 0 Å². The molecule has 0 saturated carbocycles. The third kappa shape index (κ3) is 6.29. The van der Waals surface area contributed by atoms with Crippen LogP contribution in [0.3, 0.4) is 0 Å². The van der Waals surface area contributed by atoms with Crippen LogP contribution in [0.2, 0.25) is 5.15 Å². The molecule has 1 aliphatic rings. The molecule has 1 saturated heterocycles. The average molecular weight is 641 g/mol. The van der Waals surface area contributed by atoms with Crippen LogP contribution in [0.4, 0.5) is 11.6 Å². The number of nitrogens with one attached hydrogen (secondary N) is 2. The van der Waals surface area contributed by atoms with E-state index in [-0.39, 0.29) is 27.6 Å². The van der Waals surface area contributed by atoms with Gasteiger partial charge in [-0.05, 0) is 70.4 Å². The van der Waals surface area contributed by atoms with Crippen LogP contribution < -0.4 is 20.5 Å². The molecular formula is C30H37ClN8O4S. The molecule has 1 aliphatic heterocycles. The van der Waals surface area contributed by atoms with Crippen molar-refractivity contribution in [3.63, 3.8) is 0 Å². The summed E-state index contributed by atoms with van der Waals surface area (Å²) >= 11 is 6.05. The van der Waals surface area contributed by atoms with Crippen LogP contribution in [0, 0.1) is 6.92 Å². The number of anilines is 2. The van der Waals surface area contributed by atoms with E-state index in [9.17, 15) is 18.0 Å². The number of hydrogen-bond acceptors (Lipinski definition) is 9. The van der Waals surface area contributed by atoms with Gasteiger partial charge in [0.25, 0.3) is 11.5 Å². The minimum atomic E-state index is -3.84. The van der Waals surface area contributed by atoms with Crippen molar-refractivity contribution in [2.24, 2.45) is 14.1 Å². The fraction of sp³-hybridized carbons (Fsp3) is 0.433. The van der Waals surface area contributed by atoms with Gasteiger partial charge in [0.15, 0.2) is 5.69 Å². The number of rotatable bonds is 7. The van der Waals surface area contributed by atoms with E-state index in [1.165, 1.54) is 6.07 Å². The number of hydrogen-bond donors (Lipinski definition) is 2. The first-order chi connectivity index (χ1) is 20.5. The third-order valence-corrected chi connectivity index (χ3v) is 8.86. The normalized spacial score (nSPS) is 17.5. The highest BCUT2D eigenvalue weighted by Gasteiger charge is 2.38. The number of benzene rings is 1. The molecule has 0 radical (unpaired) electrons. The molecule has 1 fully saturated rings. The van der Waals surface area contributed by atoms with Gasteiger partial charge < -0.3 is 10.2 Å². The monoisotopic (exact) mass is 640 g/mol. The fourth-order valence-corrected chi connectivity index (χ4v) is 6.62. The first-order valence-electron chi connectivity index (χ1n) is 14.3. The number of aromatic nitrogens is 5. The Labute approximate surface area is 261 Å². The maximum Gasteiger partial charge on any atom is 0.285 e. The zero-order valence-electron chi connectivity index (χ0n) is 25.8. The highest BCUT2D eigenvalue weighted by molar-refractivity contribution is 7.89. The molecule has 0 spiro atoms. The molecular weight excluding hydrogens is 604 g/mol. The summed E-state index contributed by atoms with van der Waals surface area (Å²) in [6.45, 7) is 8.81. The lowest BCUT2D eigenvalue weighted by Gasteiger charge is -2.46. The Balaban J connectivity index is 1.54. The van der Waals surface area contributed by atoms with E-state index in [1.54, 1.807) is 17.7 Å². The predicted octanol–water partition coefficient (Wildman–Crippen LogP) is 4.05. The first kappa shape index (κ1) is 31.5. The van der Waals surface area contributed by atoms with Crippen molar-refractivity contribution in [3.8, 4) is 0 Å². The highest BCUT2D eigenvalue weighted by Crippen LogP contribution is 2.39. The molecule has 14 heteroatoms. The van der Waals surface area contributed by atoms with Gasteiger partial charge in [0.05, 0.1) is 34.6 Å². The lowest BCUT2D eigenvalue weighted by Crippen LogP contribution is -2.51. The predicted molar refractivity (Wildman–Crippen MR) is 172 cm³/mol. The molecule has 4 aromatic rings. The Hall–Kier alpha value is -3.97. The van der Waals surface area contributed by atoms with Crippen molar-refractivity contribution >= 4 is 50.1 Å². The number of sulfonamides is 1. The molecule has 2 atom stereocenters. The van der Waals surface area contributed by atoms with E-state index in [1.807, 2.05) is 48.6 Å². The van der Waals surface area contributed by atoms with Gasteiger partial charge in [0.1, 0.15) is 5.15 Å². The standard InChI is InChI=1S/C30H37ClN8O4S/c1-17-14-20(18(2)32-23-8-9-24(31)33-26(23)27(40)36-44(7,42)43)25-21(15-17)28(41)38(6)29(34-25)39-13-10-19(16-30(39,3)4)22-11-12-37(5)35-22/h8-9,11-12,14-15,18-19,32H,10,13,16H2,1-7H3,(H,36,40)/t18-,19-/m1/s1. The first-order valence-corrected chi connectivity index (χ1v) is 16.5. The molecule has 0 unspecified atom stereocenters. The fourth-order valence-electron chi connectivity index (χ4n) is 6.04. The Morgan fingerprint density at radius 3 is 2.52 bits per heavy atom. The number of fused-ring (bicyclic) bond motifs is 1. The van der Waals surface area contributed by atoms with Gasteiger partial charge >= 0.3 is 0 Å². The minimum Gasteiger partial charge on any atom is -0.377 e. The van der Waals surface area contributed by atoms with Crippen LogP contribution in [-0.4, -0.2) is 57.0 Å². The molecule has 0 aliphatic carbocycles. The number of nitrogens with zero attached hydrogens (tertiary/aromatic N) is 6. The SMILES string of the molecule is Cc1cc([C@@H](C)Nc2ccc(Cl)nc2C(=O)NS(C)(=O)=O)c2nc(N3CC[C@@H](c4ccn(C)n4)CC3(C)C)n(C)c(=O)c2c1. The molecule has 0 bridgehead atoms. The number of pyridine rings is 1. The van der Waals surface area contributed by atoms with Crippen LogP contribution in [0.1, 0.15) is 72.9 Å². The van der Waals surface area contributed by atoms with Gasteiger partial charge in [-0.1, -0.05) is 17.7 Å². The van der Waals surface area contributed by atoms with Crippen molar-refractivity contribution in [2.75, 3.05) is 23.0 Å². The molecule has 3 aromatic heterocycles. The van der Waals surface area contributed by atoms with Gasteiger partial charge in [-0.15, -0.1) is 0 Å². The lowest BCUT2D eigenvalue weighted by atomic mass is 9.81. The molecule has 2 N–H and O–H groups in total. The summed E-state index contributed by atoms with van der Waals surface area (Å²) in [5.74, 6) is -0.0421. The second-order valence-corrected chi connectivity index (χ2v) is 14.3. The summed E-state index contributed by atoms with van der Waals surface area (Å²) in [5.41, 5.74) is 2.86. The minimum absolute atomic E-state index is 0.0343. The molecule has 4 heterocycles. The zero-order valence-corrected chi connectivity index (χ0v) is 27.4. The Morgan fingerprint density at radius 1 is 1.16 bits per heavy atom. The smallest absolute Gasteiger partial charge is 0.285 e. The van der Waals surface area contributed by atoms with Gasteiger partial charge in [-0.2, -0.15) is 5.10 Å². The Kier molecular flexibility index (Phi) is 8.23. The van der Waals surface area contributed by atoms with Crippen molar-refractivity contribution in [1.29, 1.82) is 0 Å². The number of carbonyl (C=O) groups excluding carboxylic acids is 1. The van der Waals surface area contributed by atoms with Crippen LogP contribution in [0.25, 0.3) is 10.9 Å². The third-order valence-electron chi connectivity index (χ3n) is 8.10. The van der Waals surface area contributed by atoms with E-state index in [2.05, 4.69) is 40.2 Å². The summed E-state index contributed by atoms with van der Waals surface area (Å²) in [7, 11) is -0.165. The maximum absolute atomic E-state index is 13.8. The second-order valence-electron chi connectivity index (χ2n) is 12.2. The summed E-state index contributed by atoms with van der Waals surface area (Å²) in [6, 6.07) is 8.46. The topological polar surface area (TPSA) is 144 Å². The number of aryl methyl sites for hydroxylation is 2. The average Bonchev–Trinajstić information content (AvgIpc) is 3.36. The summed E-state index contributed by atoms with van der Waals surface area (Å²) < 4.78 is 28.8.